The Hall–Kier alpha value is -4.13. The summed E-state index contributed by atoms with van der Waals surface area (Å²) in [6.45, 7) is 2.54. The van der Waals surface area contributed by atoms with Crippen molar-refractivity contribution in [2.45, 2.75) is 31.7 Å². The summed E-state index contributed by atoms with van der Waals surface area (Å²) in [5.41, 5.74) is 5.51. The normalized spacial score (nSPS) is 18.5. The second-order valence-electron chi connectivity index (χ2n) is 9.13. The van der Waals surface area contributed by atoms with Crippen LogP contribution in [0.15, 0.2) is 71.9 Å². The summed E-state index contributed by atoms with van der Waals surface area (Å²) in [4.78, 5) is 13.9. The fourth-order valence-electron chi connectivity index (χ4n) is 5.27. The van der Waals surface area contributed by atoms with E-state index in [1.807, 2.05) is 67.6 Å². The summed E-state index contributed by atoms with van der Waals surface area (Å²) in [7, 11) is 4.79. The third kappa shape index (κ3) is 4.69. The van der Waals surface area contributed by atoms with E-state index < -0.39 is 0 Å². The predicted molar refractivity (Wildman–Crippen MR) is 144 cm³/mol. The van der Waals surface area contributed by atoms with Gasteiger partial charge in [0.05, 0.1) is 45.4 Å². The van der Waals surface area contributed by atoms with Crippen molar-refractivity contribution in [3.63, 3.8) is 0 Å². The number of hydrogen-bond acceptors (Lipinski definition) is 7. The zero-order valence-electron chi connectivity index (χ0n) is 21.6. The van der Waals surface area contributed by atoms with E-state index in [1.54, 1.807) is 21.3 Å². The van der Waals surface area contributed by atoms with Crippen LogP contribution in [0.25, 0.3) is 0 Å². The molecule has 7 nitrogen and oxygen atoms in total. The average molecular weight is 501 g/mol. The first-order valence-electron chi connectivity index (χ1n) is 12.5. The predicted octanol–water partition coefficient (Wildman–Crippen LogP) is 6.09. The Morgan fingerprint density at radius 2 is 1.57 bits per heavy atom. The van der Waals surface area contributed by atoms with Gasteiger partial charge in [0.15, 0.2) is 17.3 Å². The van der Waals surface area contributed by atoms with Crippen LogP contribution in [-0.2, 0) is 4.79 Å². The average Bonchev–Trinajstić information content (AvgIpc) is 3.09. The van der Waals surface area contributed by atoms with Gasteiger partial charge in [0.2, 0.25) is 5.75 Å². The zero-order valence-corrected chi connectivity index (χ0v) is 21.6. The molecule has 0 bridgehead atoms. The third-order valence-corrected chi connectivity index (χ3v) is 6.97. The lowest BCUT2D eigenvalue weighted by Gasteiger charge is -2.30. The van der Waals surface area contributed by atoms with Crippen molar-refractivity contribution >= 4 is 17.2 Å². The molecule has 2 aliphatic rings. The lowest BCUT2D eigenvalue weighted by Crippen LogP contribution is -2.27. The van der Waals surface area contributed by atoms with Crippen LogP contribution in [0.2, 0.25) is 0 Å². The highest BCUT2D eigenvalue weighted by molar-refractivity contribution is 6.01. The largest absolute Gasteiger partial charge is 0.494 e. The molecular formula is C30H32N2O5. The Balaban J connectivity index is 1.59. The van der Waals surface area contributed by atoms with E-state index in [4.69, 9.17) is 18.9 Å². The zero-order chi connectivity index (χ0) is 25.9. The van der Waals surface area contributed by atoms with Crippen molar-refractivity contribution < 1.29 is 23.7 Å². The molecule has 0 radical (unpaired) electrons. The molecule has 7 heteroatoms. The highest BCUT2D eigenvalue weighted by Gasteiger charge is 2.36. The first-order valence-corrected chi connectivity index (χ1v) is 12.5. The van der Waals surface area contributed by atoms with E-state index in [-0.39, 0.29) is 17.7 Å². The van der Waals surface area contributed by atoms with Crippen molar-refractivity contribution in [2.75, 3.05) is 38.6 Å². The number of ketones is 1. The van der Waals surface area contributed by atoms with Crippen molar-refractivity contribution in [2.24, 2.45) is 0 Å². The van der Waals surface area contributed by atoms with Crippen LogP contribution >= 0.6 is 0 Å². The lowest BCUT2D eigenvalue weighted by molar-refractivity contribution is -0.116. The number of rotatable bonds is 7. The van der Waals surface area contributed by atoms with Gasteiger partial charge >= 0.3 is 0 Å². The quantitative estimate of drug-likeness (QED) is 0.406. The second kappa shape index (κ2) is 10.5. The van der Waals surface area contributed by atoms with Crippen LogP contribution in [-0.4, -0.2) is 33.7 Å². The minimum atomic E-state index is -0.306. The van der Waals surface area contributed by atoms with E-state index in [0.717, 1.165) is 39.5 Å². The molecule has 5 rings (SSSR count). The molecule has 3 aromatic carbocycles. The smallest absolute Gasteiger partial charge is 0.203 e. The maximum absolute atomic E-state index is 13.9. The van der Waals surface area contributed by atoms with Gasteiger partial charge < -0.3 is 29.6 Å². The Kier molecular flexibility index (Phi) is 6.95. The molecular weight excluding hydrogens is 468 g/mol. The Labute approximate surface area is 217 Å². The van der Waals surface area contributed by atoms with E-state index in [2.05, 4.69) is 10.6 Å². The summed E-state index contributed by atoms with van der Waals surface area (Å²) in [5, 5.41) is 7.22. The van der Waals surface area contributed by atoms with E-state index >= 15 is 0 Å². The van der Waals surface area contributed by atoms with Gasteiger partial charge in [-0.05, 0) is 66.8 Å². The number of nitrogens with one attached hydrogen (secondary N) is 2. The van der Waals surface area contributed by atoms with Gasteiger partial charge in [-0.25, -0.2) is 0 Å². The van der Waals surface area contributed by atoms with Gasteiger partial charge in [0.1, 0.15) is 5.75 Å². The first kappa shape index (κ1) is 24.6. The molecule has 2 atom stereocenters. The van der Waals surface area contributed by atoms with E-state index in [1.165, 1.54) is 0 Å². The van der Waals surface area contributed by atoms with Crippen molar-refractivity contribution in [3.05, 3.63) is 83.1 Å². The molecule has 2 N–H and O–H groups in total. The fourth-order valence-corrected chi connectivity index (χ4v) is 5.27. The molecule has 0 amide bonds. The number of carbonyl (C=O) groups is 1. The molecule has 0 saturated carbocycles. The van der Waals surface area contributed by atoms with E-state index in [0.29, 0.717) is 36.7 Å². The van der Waals surface area contributed by atoms with Crippen molar-refractivity contribution in [1.82, 2.24) is 0 Å². The van der Waals surface area contributed by atoms with Gasteiger partial charge in [0, 0.05) is 17.7 Å². The van der Waals surface area contributed by atoms with Crippen LogP contribution in [0, 0.1) is 0 Å². The number of fused-ring (bicyclic) bond motifs is 1. The Morgan fingerprint density at radius 1 is 0.838 bits per heavy atom. The molecule has 1 aliphatic carbocycles. The molecule has 0 saturated heterocycles. The maximum Gasteiger partial charge on any atom is 0.203 e. The summed E-state index contributed by atoms with van der Waals surface area (Å²) in [5.74, 6) is 2.53. The topological polar surface area (TPSA) is 78.1 Å². The maximum atomic E-state index is 13.9. The van der Waals surface area contributed by atoms with Crippen molar-refractivity contribution in [1.29, 1.82) is 0 Å². The molecule has 0 unspecified atom stereocenters. The van der Waals surface area contributed by atoms with E-state index in [9.17, 15) is 4.79 Å². The fraction of sp³-hybridized carbons (Fsp3) is 0.300. The molecule has 0 aromatic heterocycles. The molecule has 1 aliphatic heterocycles. The van der Waals surface area contributed by atoms with Gasteiger partial charge in [0.25, 0.3) is 0 Å². The number of hydrogen-bond donors (Lipinski definition) is 2. The van der Waals surface area contributed by atoms with Crippen LogP contribution in [0.5, 0.6) is 23.0 Å². The Morgan fingerprint density at radius 3 is 2.24 bits per heavy atom. The SMILES string of the molecule is CCOc1cccc([C@@H]2Nc3ccccc3NC3=C2C(=O)C[C@H](c2cc(OC)c(OC)c(OC)c2)C3)c1. The second-order valence-corrected chi connectivity index (χ2v) is 9.13. The number of para-hydroxylation sites is 2. The van der Waals surface area contributed by atoms with Gasteiger partial charge in [-0.1, -0.05) is 24.3 Å². The number of allylic oxidation sites excluding steroid dienone is 1. The minimum Gasteiger partial charge on any atom is -0.494 e. The van der Waals surface area contributed by atoms with Gasteiger partial charge in [-0.2, -0.15) is 0 Å². The summed E-state index contributed by atoms with van der Waals surface area (Å²) < 4.78 is 22.4. The molecule has 0 fully saturated rings. The molecule has 0 spiro atoms. The number of Topliss-reactive ketones (excluding diaryl/α,β-unsaturated/α-hetero) is 1. The van der Waals surface area contributed by atoms with Crippen molar-refractivity contribution in [3.8, 4) is 23.0 Å². The first-order chi connectivity index (χ1) is 18.1. The summed E-state index contributed by atoms with van der Waals surface area (Å²) >= 11 is 0. The monoisotopic (exact) mass is 500 g/mol. The van der Waals surface area contributed by atoms with Crippen LogP contribution in [0.4, 0.5) is 11.4 Å². The third-order valence-electron chi connectivity index (χ3n) is 6.97. The van der Waals surface area contributed by atoms with Crippen LogP contribution < -0.4 is 29.6 Å². The number of anilines is 2. The number of ether oxygens (including phenoxy) is 4. The highest BCUT2D eigenvalue weighted by atomic mass is 16.5. The van der Waals surface area contributed by atoms with Crippen LogP contribution in [0.3, 0.4) is 0 Å². The van der Waals surface area contributed by atoms with Crippen LogP contribution in [0.1, 0.15) is 42.9 Å². The summed E-state index contributed by atoms with van der Waals surface area (Å²) in [6.07, 6.45) is 1.04. The molecule has 37 heavy (non-hydrogen) atoms. The summed E-state index contributed by atoms with van der Waals surface area (Å²) in [6, 6.07) is 19.6. The number of benzene rings is 3. The number of methoxy groups -OCH3 is 3. The van der Waals surface area contributed by atoms with Gasteiger partial charge in [-0.3, -0.25) is 4.79 Å². The molecule has 192 valence electrons. The molecule has 3 aromatic rings. The Bertz CT molecular complexity index is 1320. The standard InChI is InChI=1S/C30H32N2O5/c1-5-37-21-10-8-9-18(13-21)29-28-24(31-22-11-6-7-12-23(22)32-29)14-19(15-25(28)33)20-16-26(34-2)30(36-4)27(17-20)35-3/h6-13,16-17,19,29,31-32H,5,14-15H2,1-4H3/t19-,29+/m1/s1. The minimum absolute atomic E-state index is 0.0480. The highest BCUT2D eigenvalue weighted by Crippen LogP contribution is 2.47. The number of carbonyl (C=O) groups excluding carboxylic acids is 1. The van der Waals surface area contributed by atoms with Gasteiger partial charge in [-0.15, -0.1) is 0 Å². The lowest BCUT2D eigenvalue weighted by atomic mass is 9.78. The molecule has 1 heterocycles.